The molecule has 182 valence electrons. The van der Waals surface area contributed by atoms with Crippen LogP contribution in [0.25, 0.3) is 0 Å². The minimum atomic E-state index is -3.40. The van der Waals surface area contributed by atoms with Gasteiger partial charge in [-0.2, -0.15) is 0 Å². The predicted molar refractivity (Wildman–Crippen MR) is 133 cm³/mol. The molecule has 0 radical (unpaired) electrons. The van der Waals surface area contributed by atoms with Crippen LogP contribution in [0.1, 0.15) is 149 Å². The molecule has 0 aliphatic carbocycles. The van der Waals surface area contributed by atoms with Crippen molar-refractivity contribution in [2.45, 2.75) is 149 Å². The van der Waals surface area contributed by atoms with Crippen molar-refractivity contribution in [2.24, 2.45) is 5.92 Å². The molecule has 0 aromatic carbocycles. The Kier molecular flexibility index (Phi) is 22.5. The maximum atomic E-state index is 12.2. The molecule has 0 bridgehead atoms. The lowest BCUT2D eigenvalue weighted by Gasteiger charge is -2.18. The van der Waals surface area contributed by atoms with Crippen LogP contribution in [-0.2, 0) is 9.09 Å². The normalized spacial score (nSPS) is 14.7. The minimum Gasteiger partial charge on any atom is -0.324 e. The van der Waals surface area contributed by atoms with Crippen LogP contribution in [0, 0.1) is 5.92 Å². The van der Waals surface area contributed by atoms with Crippen molar-refractivity contribution >= 4 is 7.60 Å². The average molecular weight is 447 g/mol. The third-order valence-corrected chi connectivity index (χ3v) is 7.89. The van der Waals surface area contributed by atoms with Gasteiger partial charge < -0.3 is 9.42 Å². The molecule has 2 unspecified atom stereocenters. The standard InChI is InChI=1S/C26H55O3P/c1-4-7-9-10-11-12-13-14-15-16-17-18-19-20-21-22-24-29-30(27,28)25-26(6-3)23-8-5-2/h26H,4-25H2,1-3H3,(H,27,28). The first-order valence-corrected chi connectivity index (χ1v) is 15.3. The van der Waals surface area contributed by atoms with Gasteiger partial charge in [-0.05, 0) is 18.8 Å². The zero-order valence-electron chi connectivity index (χ0n) is 20.8. The summed E-state index contributed by atoms with van der Waals surface area (Å²) in [6, 6.07) is 0. The number of unbranched alkanes of at least 4 members (excludes halogenated alkanes) is 16. The van der Waals surface area contributed by atoms with Crippen LogP contribution in [0.3, 0.4) is 0 Å². The molecule has 0 heterocycles. The molecule has 0 amide bonds. The Bertz CT molecular complexity index is 386. The fourth-order valence-electron chi connectivity index (χ4n) is 4.15. The maximum Gasteiger partial charge on any atom is 0.328 e. The smallest absolute Gasteiger partial charge is 0.324 e. The quantitative estimate of drug-likeness (QED) is 0.118. The highest BCUT2D eigenvalue weighted by Crippen LogP contribution is 2.45. The highest BCUT2D eigenvalue weighted by atomic mass is 31.2. The molecule has 0 saturated heterocycles. The van der Waals surface area contributed by atoms with E-state index in [0.29, 0.717) is 18.7 Å². The SMILES string of the molecule is CCCCCCCCCCCCCCCCCCOP(=O)(O)CC(CC)CCCC. The van der Waals surface area contributed by atoms with E-state index in [4.69, 9.17) is 4.52 Å². The molecule has 0 aromatic heterocycles. The topological polar surface area (TPSA) is 46.5 Å². The van der Waals surface area contributed by atoms with Gasteiger partial charge in [0.05, 0.1) is 12.8 Å². The van der Waals surface area contributed by atoms with E-state index >= 15 is 0 Å². The van der Waals surface area contributed by atoms with Crippen LogP contribution in [0.2, 0.25) is 0 Å². The second-order valence-corrected chi connectivity index (χ2v) is 11.3. The van der Waals surface area contributed by atoms with Crippen molar-refractivity contribution in [2.75, 3.05) is 12.8 Å². The van der Waals surface area contributed by atoms with E-state index in [-0.39, 0.29) is 0 Å². The Morgan fingerprint density at radius 1 is 0.633 bits per heavy atom. The molecule has 0 saturated carbocycles. The van der Waals surface area contributed by atoms with E-state index in [1.807, 2.05) is 0 Å². The van der Waals surface area contributed by atoms with E-state index in [2.05, 4.69) is 20.8 Å². The number of rotatable bonds is 24. The first-order valence-electron chi connectivity index (χ1n) is 13.5. The van der Waals surface area contributed by atoms with Gasteiger partial charge in [0.25, 0.3) is 0 Å². The largest absolute Gasteiger partial charge is 0.328 e. The summed E-state index contributed by atoms with van der Waals surface area (Å²) in [4.78, 5) is 10.1. The van der Waals surface area contributed by atoms with Crippen LogP contribution in [-0.4, -0.2) is 17.7 Å². The summed E-state index contributed by atoms with van der Waals surface area (Å²) >= 11 is 0. The monoisotopic (exact) mass is 446 g/mol. The molecule has 30 heavy (non-hydrogen) atoms. The summed E-state index contributed by atoms with van der Waals surface area (Å²) < 4.78 is 17.6. The molecule has 2 atom stereocenters. The second-order valence-electron chi connectivity index (χ2n) is 9.37. The molecular weight excluding hydrogens is 391 g/mol. The lowest BCUT2D eigenvalue weighted by atomic mass is 10.0. The zero-order chi connectivity index (χ0) is 22.3. The summed E-state index contributed by atoms with van der Waals surface area (Å²) in [7, 11) is -3.40. The van der Waals surface area contributed by atoms with Crippen LogP contribution >= 0.6 is 7.60 Å². The number of hydrogen-bond donors (Lipinski definition) is 1. The molecule has 0 aliphatic heterocycles. The van der Waals surface area contributed by atoms with Gasteiger partial charge in [-0.1, -0.05) is 136 Å². The van der Waals surface area contributed by atoms with Crippen LogP contribution in [0.5, 0.6) is 0 Å². The fourth-order valence-corrected chi connectivity index (χ4v) is 5.77. The molecule has 4 heteroatoms. The van der Waals surface area contributed by atoms with Crippen molar-refractivity contribution in [3.05, 3.63) is 0 Å². The average Bonchev–Trinajstić information content (AvgIpc) is 2.73. The summed E-state index contributed by atoms with van der Waals surface area (Å²) in [5, 5.41) is 0. The van der Waals surface area contributed by atoms with Crippen molar-refractivity contribution in [1.82, 2.24) is 0 Å². The second kappa shape index (κ2) is 22.3. The molecule has 0 spiro atoms. The first kappa shape index (κ1) is 30.1. The van der Waals surface area contributed by atoms with E-state index in [0.717, 1.165) is 38.5 Å². The molecular formula is C26H55O3P. The minimum absolute atomic E-state index is 0.326. The molecule has 1 N–H and O–H groups in total. The third kappa shape index (κ3) is 21.4. The highest BCUT2D eigenvalue weighted by Gasteiger charge is 2.23. The Morgan fingerprint density at radius 3 is 1.43 bits per heavy atom. The Labute approximate surface area is 189 Å². The van der Waals surface area contributed by atoms with E-state index < -0.39 is 7.60 Å². The van der Waals surface area contributed by atoms with Crippen LogP contribution in [0.15, 0.2) is 0 Å². The van der Waals surface area contributed by atoms with E-state index in [1.165, 1.54) is 89.9 Å². The molecule has 0 aliphatic rings. The summed E-state index contributed by atoms with van der Waals surface area (Å²) in [6.07, 6.45) is 26.0. The lowest BCUT2D eigenvalue weighted by molar-refractivity contribution is 0.246. The van der Waals surface area contributed by atoms with E-state index in [9.17, 15) is 9.46 Å². The molecule has 0 rings (SSSR count). The summed E-state index contributed by atoms with van der Waals surface area (Å²) in [5.74, 6) is 0.326. The van der Waals surface area contributed by atoms with Gasteiger partial charge in [-0.15, -0.1) is 0 Å². The van der Waals surface area contributed by atoms with Gasteiger partial charge in [0, 0.05) is 0 Å². The third-order valence-electron chi connectivity index (χ3n) is 6.32. The molecule has 0 fully saturated rings. The number of hydrogen-bond acceptors (Lipinski definition) is 2. The Hall–Kier alpha value is 0.150. The molecule has 3 nitrogen and oxygen atoms in total. The lowest BCUT2D eigenvalue weighted by Crippen LogP contribution is -2.08. The van der Waals surface area contributed by atoms with Crippen LogP contribution < -0.4 is 0 Å². The van der Waals surface area contributed by atoms with Crippen molar-refractivity contribution < 1.29 is 14.0 Å². The van der Waals surface area contributed by atoms with Crippen molar-refractivity contribution in [1.29, 1.82) is 0 Å². The van der Waals surface area contributed by atoms with Crippen molar-refractivity contribution in [3.63, 3.8) is 0 Å². The van der Waals surface area contributed by atoms with E-state index in [1.54, 1.807) is 0 Å². The predicted octanol–water partition coefficient (Wildman–Crippen LogP) is 9.67. The molecule has 0 aromatic rings. The fraction of sp³-hybridized carbons (Fsp3) is 1.00. The van der Waals surface area contributed by atoms with Crippen molar-refractivity contribution in [3.8, 4) is 0 Å². The highest BCUT2D eigenvalue weighted by molar-refractivity contribution is 7.52. The van der Waals surface area contributed by atoms with Crippen LogP contribution in [0.4, 0.5) is 0 Å². The first-order chi connectivity index (χ1) is 14.6. The van der Waals surface area contributed by atoms with Gasteiger partial charge in [-0.3, -0.25) is 4.57 Å². The maximum absolute atomic E-state index is 12.2. The Morgan fingerprint density at radius 2 is 1.03 bits per heavy atom. The van der Waals surface area contributed by atoms with Gasteiger partial charge in [0.1, 0.15) is 0 Å². The van der Waals surface area contributed by atoms with Gasteiger partial charge >= 0.3 is 7.60 Å². The van der Waals surface area contributed by atoms with Gasteiger partial charge in [-0.25, -0.2) is 0 Å². The van der Waals surface area contributed by atoms with Gasteiger partial charge in [0.2, 0.25) is 0 Å². The zero-order valence-corrected chi connectivity index (χ0v) is 21.7. The Balaban J connectivity index is 3.38. The summed E-state index contributed by atoms with van der Waals surface area (Å²) in [6.45, 7) is 6.99. The summed E-state index contributed by atoms with van der Waals surface area (Å²) in [5.41, 5.74) is 0. The van der Waals surface area contributed by atoms with Gasteiger partial charge in [0.15, 0.2) is 0 Å².